The van der Waals surface area contributed by atoms with Crippen molar-refractivity contribution in [2.24, 2.45) is 0 Å². The van der Waals surface area contributed by atoms with Gasteiger partial charge in [0.2, 0.25) is 0 Å². The van der Waals surface area contributed by atoms with Crippen molar-refractivity contribution < 1.29 is 27.4 Å². The van der Waals surface area contributed by atoms with E-state index >= 15 is 0 Å². The molecule has 0 spiro atoms. The van der Waals surface area contributed by atoms with E-state index in [0.29, 0.717) is 0 Å². The number of esters is 1. The number of nitrogens with one attached hydrogen (secondary N) is 1. The molecule has 9 heteroatoms. The molecule has 0 aromatic carbocycles. The Hall–Kier alpha value is -1.70. The molecule has 0 amide bonds. The third-order valence-electron chi connectivity index (χ3n) is 1.96. The van der Waals surface area contributed by atoms with Crippen LogP contribution in [-0.4, -0.2) is 23.9 Å². The summed E-state index contributed by atoms with van der Waals surface area (Å²) >= 11 is 5.45. The second-order valence-corrected chi connectivity index (χ2v) is 3.52. The molecule has 0 aliphatic rings. The standard InChI is InChI=1S/C10H9ClF3NO4/c1-2-18-9(17)6-7(19-10(12,13)14)5(3-11)4-15-8(6)16/h4H,2-3H2,1H3,(H,15,16). The van der Waals surface area contributed by atoms with Crippen LogP contribution in [0.25, 0.3) is 0 Å². The molecule has 0 radical (unpaired) electrons. The molecule has 1 rings (SSSR count). The molecule has 0 aliphatic carbocycles. The van der Waals surface area contributed by atoms with Crippen molar-refractivity contribution in [2.45, 2.75) is 19.2 Å². The maximum absolute atomic E-state index is 12.3. The van der Waals surface area contributed by atoms with Crippen LogP contribution in [0.5, 0.6) is 5.75 Å². The molecule has 1 aromatic rings. The number of alkyl halides is 4. The minimum Gasteiger partial charge on any atom is -0.462 e. The van der Waals surface area contributed by atoms with Crippen molar-refractivity contribution in [3.05, 3.63) is 27.7 Å². The molecule has 0 saturated heterocycles. The molecule has 1 N–H and O–H groups in total. The Morgan fingerprint density at radius 2 is 2.11 bits per heavy atom. The monoisotopic (exact) mass is 299 g/mol. The van der Waals surface area contributed by atoms with E-state index in [-0.39, 0.29) is 18.1 Å². The molecule has 106 valence electrons. The SMILES string of the molecule is CCOC(=O)c1c(OC(F)(F)F)c(CCl)c[nH]c1=O. The highest BCUT2D eigenvalue weighted by Crippen LogP contribution is 2.29. The summed E-state index contributed by atoms with van der Waals surface area (Å²) in [5.74, 6) is -2.53. The van der Waals surface area contributed by atoms with E-state index in [0.717, 1.165) is 6.20 Å². The Balaban J connectivity index is 3.41. The number of hydrogen-bond donors (Lipinski definition) is 1. The van der Waals surface area contributed by atoms with Crippen molar-refractivity contribution in [1.29, 1.82) is 0 Å². The molecule has 1 heterocycles. The van der Waals surface area contributed by atoms with Crippen molar-refractivity contribution in [2.75, 3.05) is 6.61 Å². The summed E-state index contributed by atoms with van der Waals surface area (Å²) in [4.78, 5) is 25.1. The number of hydrogen-bond acceptors (Lipinski definition) is 4. The van der Waals surface area contributed by atoms with Crippen LogP contribution in [0.3, 0.4) is 0 Å². The summed E-state index contributed by atoms with van der Waals surface area (Å²) in [6, 6.07) is 0. The van der Waals surface area contributed by atoms with E-state index in [1.165, 1.54) is 6.92 Å². The lowest BCUT2D eigenvalue weighted by molar-refractivity contribution is -0.275. The van der Waals surface area contributed by atoms with Gasteiger partial charge < -0.3 is 14.5 Å². The smallest absolute Gasteiger partial charge is 0.462 e. The van der Waals surface area contributed by atoms with Crippen LogP contribution in [0.4, 0.5) is 13.2 Å². The van der Waals surface area contributed by atoms with E-state index in [1.54, 1.807) is 0 Å². The Labute approximate surface area is 110 Å². The Morgan fingerprint density at radius 1 is 1.47 bits per heavy atom. The first-order valence-electron chi connectivity index (χ1n) is 5.03. The van der Waals surface area contributed by atoms with Crippen LogP contribution >= 0.6 is 11.6 Å². The Morgan fingerprint density at radius 3 is 2.58 bits per heavy atom. The molecular weight excluding hydrogens is 291 g/mol. The number of aromatic amines is 1. The van der Waals surface area contributed by atoms with Gasteiger partial charge in [-0.15, -0.1) is 24.8 Å². The predicted molar refractivity (Wildman–Crippen MR) is 59.3 cm³/mol. The molecular formula is C10H9ClF3NO4. The molecule has 19 heavy (non-hydrogen) atoms. The normalized spacial score (nSPS) is 11.2. The highest BCUT2D eigenvalue weighted by Gasteiger charge is 2.35. The Bertz CT molecular complexity index is 526. The van der Waals surface area contributed by atoms with Gasteiger partial charge >= 0.3 is 12.3 Å². The van der Waals surface area contributed by atoms with Gasteiger partial charge in [0.1, 0.15) is 0 Å². The fourth-order valence-corrected chi connectivity index (χ4v) is 1.47. The van der Waals surface area contributed by atoms with E-state index in [2.05, 4.69) is 14.5 Å². The van der Waals surface area contributed by atoms with Crippen LogP contribution in [0.2, 0.25) is 0 Å². The van der Waals surface area contributed by atoms with Gasteiger partial charge in [0.15, 0.2) is 11.3 Å². The summed E-state index contributed by atoms with van der Waals surface area (Å²) < 4.78 is 45.1. The first kappa shape index (κ1) is 15.4. The summed E-state index contributed by atoms with van der Waals surface area (Å²) in [7, 11) is 0. The summed E-state index contributed by atoms with van der Waals surface area (Å²) in [6.07, 6.45) is -4.12. The van der Waals surface area contributed by atoms with E-state index in [9.17, 15) is 22.8 Å². The number of H-pyrrole nitrogens is 1. The van der Waals surface area contributed by atoms with Crippen LogP contribution in [0.15, 0.2) is 11.0 Å². The highest BCUT2D eigenvalue weighted by atomic mass is 35.5. The molecule has 5 nitrogen and oxygen atoms in total. The molecule has 0 unspecified atom stereocenters. The second-order valence-electron chi connectivity index (χ2n) is 3.25. The zero-order chi connectivity index (χ0) is 14.6. The maximum atomic E-state index is 12.3. The zero-order valence-corrected chi connectivity index (χ0v) is 10.4. The fourth-order valence-electron chi connectivity index (χ4n) is 1.27. The van der Waals surface area contributed by atoms with Crippen LogP contribution in [0, 0.1) is 0 Å². The lowest BCUT2D eigenvalue weighted by Gasteiger charge is -2.14. The van der Waals surface area contributed by atoms with Crippen LogP contribution in [0.1, 0.15) is 22.8 Å². The predicted octanol–water partition coefficient (Wildman–Crippen LogP) is 2.19. The topological polar surface area (TPSA) is 68.4 Å². The number of rotatable bonds is 4. The lowest BCUT2D eigenvalue weighted by Crippen LogP contribution is -2.26. The fraction of sp³-hybridized carbons (Fsp3) is 0.400. The number of halogens is 4. The molecule has 1 aromatic heterocycles. The largest absolute Gasteiger partial charge is 0.573 e. The molecule has 0 bridgehead atoms. The van der Waals surface area contributed by atoms with Crippen molar-refractivity contribution in [1.82, 2.24) is 4.98 Å². The van der Waals surface area contributed by atoms with Gasteiger partial charge in [0, 0.05) is 11.8 Å². The van der Waals surface area contributed by atoms with Gasteiger partial charge in [0.05, 0.1) is 12.5 Å². The van der Waals surface area contributed by atoms with Gasteiger partial charge in [-0.25, -0.2) is 4.79 Å². The third-order valence-corrected chi connectivity index (χ3v) is 2.25. The second kappa shape index (κ2) is 5.96. The van der Waals surface area contributed by atoms with Crippen molar-refractivity contribution in [3.63, 3.8) is 0 Å². The number of ether oxygens (including phenoxy) is 2. The summed E-state index contributed by atoms with van der Waals surface area (Å²) in [5, 5.41) is 0. The summed E-state index contributed by atoms with van der Waals surface area (Å²) in [6.45, 7) is 1.34. The molecule has 0 aliphatic heterocycles. The quantitative estimate of drug-likeness (QED) is 0.683. The number of aromatic nitrogens is 1. The number of pyridine rings is 1. The van der Waals surface area contributed by atoms with Crippen LogP contribution in [-0.2, 0) is 10.6 Å². The number of carbonyl (C=O) groups excluding carboxylic acids is 1. The third kappa shape index (κ3) is 3.88. The van der Waals surface area contributed by atoms with Gasteiger partial charge in [0.25, 0.3) is 5.56 Å². The number of carbonyl (C=O) groups is 1. The first-order valence-corrected chi connectivity index (χ1v) is 5.57. The van der Waals surface area contributed by atoms with E-state index < -0.39 is 29.2 Å². The minimum atomic E-state index is -5.06. The van der Waals surface area contributed by atoms with E-state index in [1.807, 2.05) is 0 Å². The van der Waals surface area contributed by atoms with Crippen LogP contribution < -0.4 is 10.3 Å². The van der Waals surface area contributed by atoms with Gasteiger partial charge in [-0.05, 0) is 6.92 Å². The van der Waals surface area contributed by atoms with Gasteiger partial charge in [-0.3, -0.25) is 4.79 Å². The minimum absolute atomic E-state index is 0.102. The van der Waals surface area contributed by atoms with Crippen molar-refractivity contribution >= 4 is 17.6 Å². The summed E-state index contributed by atoms with van der Waals surface area (Å²) in [5.41, 5.74) is -2.09. The van der Waals surface area contributed by atoms with Crippen molar-refractivity contribution in [3.8, 4) is 5.75 Å². The van der Waals surface area contributed by atoms with Gasteiger partial charge in [-0.2, -0.15) is 0 Å². The zero-order valence-electron chi connectivity index (χ0n) is 9.64. The first-order chi connectivity index (χ1) is 8.80. The average molecular weight is 300 g/mol. The van der Waals surface area contributed by atoms with Gasteiger partial charge in [-0.1, -0.05) is 0 Å². The average Bonchev–Trinajstić information content (AvgIpc) is 2.27. The molecule has 0 fully saturated rings. The molecule has 0 saturated carbocycles. The van der Waals surface area contributed by atoms with E-state index in [4.69, 9.17) is 11.6 Å². The lowest BCUT2D eigenvalue weighted by atomic mass is 10.2. The maximum Gasteiger partial charge on any atom is 0.573 e. The molecule has 0 atom stereocenters. The highest BCUT2D eigenvalue weighted by molar-refractivity contribution is 6.17. The Kier molecular flexibility index (Phi) is 4.82.